The van der Waals surface area contributed by atoms with Crippen molar-refractivity contribution in [3.05, 3.63) is 0 Å². The molecule has 1 fully saturated rings. The topological polar surface area (TPSA) is 60.4 Å². The van der Waals surface area contributed by atoms with Gasteiger partial charge in [0.1, 0.15) is 11.6 Å². The molecule has 4 heteroatoms. The van der Waals surface area contributed by atoms with E-state index in [1.165, 1.54) is 0 Å². The Bertz CT molecular complexity index is 319. The molecule has 0 aliphatic heterocycles. The summed E-state index contributed by atoms with van der Waals surface area (Å²) in [4.78, 5) is 35.2. The molecule has 1 aliphatic carbocycles. The first-order valence-electron chi connectivity index (χ1n) is 6.20. The van der Waals surface area contributed by atoms with Gasteiger partial charge in [0.15, 0.2) is 0 Å². The Balaban J connectivity index is 2.69. The van der Waals surface area contributed by atoms with Crippen LogP contribution in [0.15, 0.2) is 0 Å². The third kappa shape index (κ3) is 3.38. The Morgan fingerprint density at radius 3 is 2.59 bits per heavy atom. The fourth-order valence-corrected chi connectivity index (χ4v) is 2.18. The normalized spacial score (nSPS) is 24.8. The predicted octanol–water partition coefficient (Wildman–Crippen LogP) is 1.76. The lowest BCUT2D eigenvalue weighted by molar-refractivity contribution is -0.151. The van der Waals surface area contributed by atoms with Gasteiger partial charge in [0.2, 0.25) is 0 Å². The molecule has 0 aromatic carbocycles. The van der Waals surface area contributed by atoms with Crippen LogP contribution in [0, 0.1) is 17.8 Å². The van der Waals surface area contributed by atoms with Gasteiger partial charge in [-0.1, -0.05) is 13.8 Å². The van der Waals surface area contributed by atoms with E-state index in [-0.39, 0.29) is 29.4 Å². The van der Waals surface area contributed by atoms with Crippen LogP contribution in [0.2, 0.25) is 0 Å². The van der Waals surface area contributed by atoms with Gasteiger partial charge in [-0.2, -0.15) is 0 Å². The number of hydrogen-bond donors (Lipinski definition) is 0. The number of ketones is 2. The molecule has 2 atom stereocenters. The van der Waals surface area contributed by atoms with Crippen molar-refractivity contribution in [3.63, 3.8) is 0 Å². The largest absolute Gasteiger partial charge is 0.466 e. The monoisotopic (exact) mass is 240 g/mol. The first-order valence-corrected chi connectivity index (χ1v) is 6.20. The molecule has 0 radical (unpaired) electrons. The lowest BCUT2D eigenvalue weighted by Crippen LogP contribution is -2.36. The van der Waals surface area contributed by atoms with E-state index in [1.807, 2.05) is 0 Å². The van der Waals surface area contributed by atoms with E-state index < -0.39 is 5.92 Å². The smallest absolute Gasteiger partial charge is 0.308 e. The van der Waals surface area contributed by atoms with E-state index in [2.05, 4.69) is 0 Å². The summed E-state index contributed by atoms with van der Waals surface area (Å²) in [5.41, 5.74) is 0. The van der Waals surface area contributed by atoms with Gasteiger partial charge >= 0.3 is 5.97 Å². The molecule has 0 aromatic heterocycles. The summed E-state index contributed by atoms with van der Waals surface area (Å²) in [7, 11) is 0. The zero-order valence-corrected chi connectivity index (χ0v) is 10.7. The van der Waals surface area contributed by atoms with E-state index in [0.29, 0.717) is 25.9 Å². The Hall–Kier alpha value is -1.19. The SMILES string of the molecule is CCOC(=O)C1CCC(=O)C(C(=O)C(C)C)C1. The maximum Gasteiger partial charge on any atom is 0.308 e. The van der Waals surface area contributed by atoms with Gasteiger partial charge in [-0.05, 0) is 19.8 Å². The van der Waals surface area contributed by atoms with Crippen molar-refractivity contribution in [3.8, 4) is 0 Å². The Labute approximate surface area is 102 Å². The number of carbonyl (C=O) groups is 3. The van der Waals surface area contributed by atoms with Crippen molar-refractivity contribution in [2.24, 2.45) is 17.8 Å². The standard InChI is InChI=1S/C13H20O4/c1-4-17-13(16)9-5-6-11(14)10(7-9)12(15)8(2)3/h8-10H,4-7H2,1-3H3. The van der Waals surface area contributed by atoms with E-state index in [4.69, 9.17) is 4.74 Å². The van der Waals surface area contributed by atoms with Gasteiger partial charge in [0.25, 0.3) is 0 Å². The van der Waals surface area contributed by atoms with Crippen LogP contribution in [-0.4, -0.2) is 24.1 Å². The molecule has 1 aliphatic rings. The van der Waals surface area contributed by atoms with Crippen LogP contribution in [0.1, 0.15) is 40.0 Å². The number of hydrogen-bond acceptors (Lipinski definition) is 4. The number of ether oxygens (including phenoxy) is 1. The molecule has 0 N–H and O–H groups in total. The van der Waals surface area contributed by atoms with Crippen LogP contribution < -0.4 is 0 Å². The summed E-state index contributed by atoms with van der Waals surface area (Å²) >= 11 is 0. The van der Waals surface area contributed by atoms with Crippen molar-refractivity contribution in [2.45, 2.75) is 40.0 Å². The number of esters is 1. The number of rotatable bonds is 4. The molecule has 4 nitrogen and oxygen atoms in total. The second-order valence-corrected chi connectivity index (χ2v) is 4.80. The van der Waals surface area contributed by atoms with Gasteiger partial charge in [-0.3, -0.25) is 14.4 Å². The Kier molecular flexibility index (Phi) is 4.85. The van der Waals surface area contributed by atoms with Gasteiger partial charge in [0, 0.05) is 12.3 Å². The highest BCUT2D eigenvalue weighted by Gasteiger charge is 2.37. The van der Waals surface area contributed by atoms with Crippen molar-refractivity contribution in [1.82, 2.24) is 0 Å². The zero-order valence-electron chi connectivity index (χ0n) is 10.7. The first-order chi connectivity index (χ1) is 7.97. The molecule has 0 saturated heterocycles. The second kappa shape index (κ2) is 5.94. The van der Waals surface area contributed by atoms with Crippen molar-refractivity contribution in [1.29, 1.82) is 0 Å². The number of Topliss-reactive ketones (excluding diaryl/α,β-unsaturated/α-hetero) is 2. The second-order valence-electron chi connectivity index (χ2n) is 4.80. The zero-order chi connectivity index (χ0) is 13.0. The van der Waals surface area contributed by atoms with E-state index in [9.17, 15) is 14.4 Å². The molecular weight excluding hydrogens is 220 g/mol. The average molecular weight is 240 g/mol. The maximum absolute atomic E-state index is 11.9. The minimum absolute atomic E-state index is 0.0238. The van der Waals surface area contributed by atoms with E-state index in [1.54, 1.807) is 20.8 Å². The molecule has 96 valence electrons. The highest BCUT2D eigenvalue weighted by Crippen LogP contribution is 2.29. The fraction of sp³-hybridized carbons (Fsp3) is 0.769. The summed E-state index contributed by atoms with van der Waals surface area (Å²) < 4.78 is 4.94. The minimum Gasteiger partial charge on any atom is -0.466 e. The van der Waals surface area contributed by atoms with Crippen molar-refractivity contribution in [2.75, 3.05) is 6.61 Å². The highest BCUT2D eigenvalue weighted by molar-refractivity contribution is 6.04. The Morgan fingerprint density at radius 1 is 1.41 bits per heavy atom. The molecule has 0 bridgehead atoms. The van der Waals surface area contributed by atoms with E-state index in [0.717, 1.165) is 0 Å². The summed E-state index contributed by atoms with van der Waals surface area (Å²) in [5, 5.41) is 0. The highest BCUT2D eigenvalue weighted by atomic mass is 16.5. The summed E-state index contributed by atoms with van der Waals surface area (Å²) in [6, 6.07) is 0. The molecule has 1 saturated carbocycles. The van der Waals surface area contributed by atoms with Gasteiger partial charge in [-0.15, -0.1) is 0 Å². The van der Waals surface area contributed by atoms with Crippen molar-refractivity contribution >= 4 is 17.5 Å². The summed E-state index contributed by atoms with van der Waals surface area (Å²) in [6.45, 7) is 5.65. The predicted molar refractivity (Wildman–Crippen MR) is 62.3 cm³/mol. The van der Waals surface area contributed by atoms with Gasteiger partial charge in [0.05, 0.1) is 18.4 Å². The average Bonchev–Trinajstić information content (AvgIpc) is 2.28. The van der Waals surface area contributed by atoms with Crippen LogP contribution in [0.4, 0.5) is 0 Å². The third-order valence-electron chi connectivity index (χ3n) is 3.18. The van der Waals surface area contributed by atoms with Crippen LogP contribution in [0.25, 0.3) is 0 Å². The summed E-state index contributed by atoms with van der Waals surface area (Å²) in [6.07, 6.45) is 1.15. The van der Waals surface area contributed by atoms with E-state index >= 15 is 0 Å². The van der Waals surface area contributed by atoms with Crippen molar-refractivity contribution < 1.29 is 19.1 Å². The number of carbonyl (C=O) groups excluding carboxylic acids is 3. The lowest BCUT2D eigenvalue weighted by atomic mass is 9.76. The third-order valence-corrected chi connectivity index (χ3v) is 3.18. The van der Waals surface area contributed by atoms with Crippen LogP contribution in [0.5, 0.6) is 0 Å². The molecule has 17 heavy (non-hydrogen) atoms. The molecule has 0 heterocycles. The van der Waals surface area contributed by atoms with Gasteiger partial charge < -0.3 is 4.74 Å². The maximum atomic E-state index is 11.9. The van der Waals surface area contributed by atoms with Crippen LogP contribution in [0.3, 0.4) is 0 Å². The lowest BCUT2D eigenvalue weighted by Gasteiger charge is -2.26. The molecule has 0 amide bonds. The molecule has 2 unspecified atom stereocenters. The molecule has 1 rings (SSSR count). The molecule has 0 spiro atoms. The van der Waals surface area contributed by atoms with Gasteiger partial charge in [-0.25, -0.2) is 0 Å². The molecular formula is C13H20O4. The molecule has 0 aromatic rings. The summed E-state index contributed by atoms with van der Waals surface area (Å²) in [5.74, 6) is -1.40. The van der Waals surface area contributed by atoms with Crippen LogP contribution in [-0.2, 0) is 19.1 Å². The fourth-order valence-electron chi connectivity index (χ4n) is 2.18. The minimum atomic E-state index is -0.599. The Morgan fingerprint density at radius 2 is 2.06 bits per heavy atom. The van der Waals surface area contributed by atoms with Crippen LogP contribution >= 0.6 is 0 Å². The first kappa shape index (κ1) is 13.9. The quantitative estimate of drug-likeness (QED) is 0.555.